The van der Waals surface area contributed by atoms with Crippen molar-refractivity contribution in [3.63, 3.8) is 0 Å². The number of methoxy groups -OCH3 is 1. The highest BCUT2D eigenvalue weighted by Crippen LogP contribution is 2.41. The Labute approximate surface area is 235 Å². The molecule has 13 heteroatoms. The Morgan fingerprint density at radius 3 is 2.39 bits per heavy atom. The SMILES string of the molecule is C=CCOC(=O)OC(OC(C)=O)c1ccc(Cc2ccc(OC)cc2F)c([C@@]2(O)O[C@H]([C@H](C)O)[C@@H](O)[C@H](O)[C@H]2O)c1. The molecule has 41 heavy (non-hydrogen) atoms. The van der Waals surface area contributed by atoms with Gasteiger partial charge >= 0.3 is 12.1 Å². The van der Waals surface area contributed by atoms with E-state index in [9.17, 15) is 39.5 Å². The van der Waals surface area contributed by atoms with E-state index >= 15 is 0 Å². The minimum atomic E-state index is -2.79. The summed E-state index contributed by atoms with van der Waals surface area (Å²) >= 11 is 0. The quantitative estimate of drug-likeness (QED) is 0.155. The molecule has 0 aliphatic carbocycles. The van der Waals surface area contributed by atoms with Gasteiger partial charge in [0, 0.05) is 30.5 Å². The molecule has 0 aromatic heterocycles. The standard InChI is InChI=1S/C28H33FO12/c1-5-10-38-27(35)40-26(39-15(3)31)18-7-6-16(11-17-8-9-19(37-4)13-21(17)29)20(12-18)28(36)25(34)23(33)22(32)24(41-28)14(2)30/h5-9,12-14,22-26,30,32-34,36H,1,10-11H2,2-4H3/t14-,22-,23-,24+,25+,26?,28+/m0/s1. The highest BCUT2D eigenvalue weighted by molar-refractivity contribution is 5.67. The average Bonchev–Trinajstić information content (AvgIpc) is 2.93. The fourth-order valence-corrected chi connectivity index (χ4v) is 4.36. The fourth-order valence-electron chi connectivity index (χ4n) is 4.36. The second-order valence-corrected chi connectivity index (χ2v) is 9.41. The van der Waals surface area contributed by atoms with Crippen molar-refractivity contribution < 1.29 is 63.2 Å². The summed E-state index contributed by atoms with van der Waals surface area (Å²) in [6.07, 6.45) is -10.8. The molecule has 0 amide bonds. The summed E-state index contributed by atoms with van der Waals surface area (Å²) in [5.41, 5.74) is -0.0251. The third-order valence-electron chi connectivity index (χ3n) is 6.43. The minimum absolute atomic E-state index is 0.0526. The van der Waals surface area contributed by atoms with Crippen molar-refractivity contribution in [2.75, 3.05) is 13.7 Å². The van der Waals surface area contributed by atoms with Crippen LogP contribution in [0.25, 0.3) is 0 Å². The molecule has 1 heterocycles. The maximum atomic E-state index is 14.9. The van der Waals surface area contributed by atoms with Crippen LogP contribution in [0.2, 0.25) is 0 Å². The lowest BCUT2D eigenvalue weighted by Crippen LogP contribution is -2.65. The number of esters is 1. The molecular weight excluding hydrogens is 547 g/mol. The topological polar surface area (TPSA) is 181 Å². The van der Waals surface area contributed by atoms with Gasteiger partial charge in [-0.15, -0.1) is 0 Å². The first-order valence-electron chi connectivity index (χ1n) is 12.5. The van der Waals surface area contributed by atoms with Gasteiger partial charge in [0.2, 0.25) is 5.79 Å². The molecule has 12 nitrogen and oxygen atoms in total. The summed E-state index contributed by atoms with van der Waals surface area (Å²) in [7, 11) is 1.37. The van der Waals surface area contributed by atoms with Crippen LogP contribution in [-0.2, 0) is 35.9 Å². The number of ether oxygens (including phenoxy) is 5. The zero-order chi connectivity index (χ0) is 30.5. The van der Waals surface area contributed by atoms with Crippen molar-refractivity contribution >= 4 is 12.1 Å². The second-order valence-electron chi connectivity index (χ2n) is 9.41. The number of halogens is 1. The van der Waals surface area contributed by atoms with E-state index in [1.807, 2.05) is 0 Å². The first kappa shape index (κ1) is 31.9. The minimum Gasteiger partial charge on any atom is -0.497 e. The second kappa shape index (κ2) is 13.4. The molecule has 0 saturated carbocycles. The van der Waals surface area contributed by atoms with E-state index < -0.39 is 60.5 Å². The number of carbonyl (C=O) groups excluding carboxylic acids is 2. The molecule has 1 fully saturated rings. The molecule has 1 aliphatic rings. The van der Waals surface area contributed by atoms with Crippen LogP contribution in [0.1, 0.15) is 42.4 Å². The predicted molar refractivity (Wildman–Crippen MR) is 138 cm³/mol. The van der Waals surface area contributed by atoms with Crippen molar-refractivity contribution in [3.05, 3.63) is 77.1 Å². The van der Waals surface area contributed by atoms with Gasteiger partial charge in [-0.1, -0.05) is 30.9 Å². The van der Waals surface area contributed by atoms with Crippen LogP contribution in [-0.4, -0.2) is 81.9 Å². The lowest BCUT2D eigenvalue weighted by atomic mass is 9.83. The summed E-state index contributed by atoms with van der Waals surface area (Å²) in [5.74, 6) is -4.04. The maximum Gasteiger partial charge on any atom is 0.511 e. The summed E-state index contributed by atoms with van der Waals surface area (Å²) in [4.78, 5) is 23.9. The van der Waals surface area contributed by atoms with Gasteiger partial charge in [-0.25, -0.2) is 9.18 Å². The lowest BCUT2D eigenvalue weighted by Gasteiger charge is -2.47. The Morgan fingerprint density at radius 1 is 1.12 bits per heavy atom. The molecule has 2 aromatic rings. The fraction of sp³-hybridized carbons (Fsp3) is 0.429. The Morgan fingerprint density at radius 2 is 1.80 bits per heavy atom. The molecule has 0 bridgehead atoms. The molecule has 0 spiro atoms. The van der Waals surface area contributed by atoms with E-state index in [1.165, 1.54) is 44.4 Å². The van der Waals surface area contributed by atoms with Crippen LogP contribution in [0.5, 0.6) is 5.75 Å². The number of aliphatic hydroxyl groups excluding tert-OH is 4. The van der Waals surface area contributed by atoms with E-state index in [4.69, 9.17) is 23.7 Å². The molecule has 0 radical (unpaired) electrons. The van der Waals surface area contributed by atoms with Gasteiger partial charge in [0.05, 0.1) is 13.2 Å². The largest absolute Gasteiger partial charge is 0.511 e. The van der Waals surface area contributed by atoms with Crippen molar-refractivity contribution in [2.45, 2.75) is 62.9 Å². The summed E-state index contributed by atoms with van der Waals surface area (Å²) < 4.78 is 40.5. The zero-order valence-electron chi connectivity index (χ0n) is 22.6. The Kier molecular flexibility index (Phi) is 10.4. The predicted octanol–water partition coefficient (Wildman–Crippen LogP) is 1.33. The first-order chi connectivity index (χ1) is 19.3. The summed E-state index contributed by atoms with van der Waals surface area (Å²) in [5, 5.41) is 53.6. The number of carbonyl (C=O) groups is 2. The molecule has 5 N–H and O–H groups in total. The van der Waals surface area contributed by atoms with Crippen LogP contribution >= 0.6 is 0 Å². The van der Waals surface area contributed by atoms with Crippen LogP contribution in [0, 0.1) is 5.82 Å². The van der Waals surface area contributed by atoms with Crippen molar-refractivity contribution in [1.29, 1.82) is 0 Å². The molecular formula is C28H33FO12. The van der Waals surface area contributed by atoms with E-state index in [-0.39, 0.29) is 41.0 Å². The highest BCUT2D eigenvalue weighted by atomic mass is 19.1. The highest BCUT2D eigenvalue weighted by Gasteiger charge is 2.55. The molecule has 224 valence electrons. The maximum absolute atomic E-state index is 14.9. The molecule has 3 rings (SSSR count). The number of benzene rings is 2. The van der Waals surface area contributed by atoms with Gasteiger partial charge in [-0.05, 0) is 30.2 Å². The van der Waals surface area contributed by atoms with Crippen molar-refractivity contribution in [2.24, 2.45) is 0 Å². The van der Waals surface area contributed by atoms with Gasteiger partial charge < -0.3 is 49.2 Å². The first-order valence-corrected chi connectivity index (χ1v) is 12.5. The van der Waals surface area contributed by atoms with E-state index in [2.05, 4.69) is 6.58 Å². The summed E-state index contributed by atoms with van der Waals surface area (Å²) in [6, 6.07) is 7.96. The molecule has 2 aromatic carbocycles. The normalized spacial score (nSPS) is 25.5. The molecule has 1 saturated heterocycles. The average molecular weight is 581 g/mol. The van der Waals surface area contributed by atoms with E-state index in [0.29, 0.717) is 0 Å². The smallest absolute Gasteiger partial charge is 0.497 e. The Bertz CT molecular complexity index is 1250. The molecule has 1 unspecified atom stereocenters. The van der Waals surface area contributed by atoms with Gasteiger partial charge in [0.1, 0.15) is 42.6 Å². The van der Waals surface area contributed by atoms with Crippen molar-refractivity contribution in [3.8, 4) is 5.75 Å². The van der Waals surface area contributed by atoms with Crippen molar-refractivity contribution in [1.82, 2.24) is 0 Å². The Hall–Kier alpha value is -3.59. The van der Waals surface area contributed by atoms with Crippen LogP contribution < -0.4 is 4.74 Å². The van der Waals surface area contributed by atoms with Crippen LogP contribution in [0.15, 0.2) is 49.1 Å². The monoisotopic (exact) mass is 580 g/mol. The van der Waals surface area contributed by atoms with Gasteiger partial charge in [-0.3, -0.25) is 4.79 Å². The van der Waals surface area contributed by atoms with Gasteiger partial charge in [-0.2, -0.15) is 0 Å². The Balaban J connectivity index is 2.16. The lowest BCUT2D eigenvalue weighted by molar-refractivity contribution is -0.364. The number of rotatable bonds is 10. The van der Waals surface area contributed by atoms with Crippen LogP contribution in [0.3, 0.4) is 0 Å². The number of hydrogen-bond donors (Lipinski definition) is 5. The summed E-state index contributed by atoms with van der Waals surface area (Å²) in [6.45, 7) is 5.50. The van der Waals surface area contributed by atoms with Crippen LogP contribution in [0.4, 0.5) is 9.18 Å². The molecule has 7 atom stereocenters. The van der Waals surface area contributed by atoms with Gasteiger partial charge in [0.25, 0.3) is 6.29 Å². The number of hydrogen-bond acceptors (Lipinski definition) is 12. The zero-order valence-corrected chi connectivity index (χ0v) is 22.6. The third kappa shape index (κ3) is 7.19. The van der Waals surface area contributed by atoms with E-state index in [1.54, 1.807) is 0 Å². The van der Waals surface area contributed by atoms with Gasteiger partial charge in [0.15, 0.2) is 0 Å². The van der Waals surface area contributed by atoms with E-state index in [0.717, 1.165) is 19.1 Å². The molecule has 1 aliphatic heterocycles. The number of aliphatic hydroxyl groups is 5. The third-order valence-corrected chi connectivity index (χ3v) is 6.43.